The number of unbranched alkanes of at least 4 members (excludes halogenated alkanes) is 28. The second kappa shape index (κ2) is 57.2. The monoisotopic (exact) mass is 1640 g/mol. The van der Waals surface area contributed by atoms with E-state index in [2.05, 4.69) is 81.0 Å². The number of nitrogens with zero attached hydrogens (tertiary/aromatic N) is 7. The highest BCUT2D eigenvalue weighted by Gasteiger charge is 2.27. The third-order valence-electron chi connectivity index (χ3n) is 18.6. The minimum Gasteiger partial charge on any atom is -0.462 e. The normalized spacial score (nSPS) is 12.2. The summed E-state index contributed by atoms with van der Waals surface area (Å²) in [6.45, 7) is 2.16. The molecule has 32 heteroatoms. The number of hydrogen-bond acceptors (Lipinski definition) is 25. The van der Waals surface area contributed by atoms with Crippen molar-refractivity contribution < 1.29 is 75.1 Å². The summed E-state index contributed by atoms with van der Waals surface area (Å²) in [5, 5.41) is 39.2. The van der Waals surface area contributed by atoms with Gasteiger partial charge in [0, 0.05) is 69.0 Å². The molecule has 0 radical (unpaired) electrons. The van der Waals surface area contributed by atoms with E-state index in [1.165, 1.54) is 153 Å². The van der Waals surface area contributed by atoms with Crippen LogP contribution in [0.2, 0.25) is 0 Å². The first-order valence-electron chi connectivity index (χ1n) is 41.3. The molecule has 0 bridgehead atoms. The zero-order chi connectivity index (χ0) is 82.2. The third kappa shape index (κ3) is 43.0. The molecule has 0 saturated carbocycles. The van der Waals surface area contributed by atoms with Crippen LogP contribution in [0.5, 0.6) is 0 Å². The van der Waals surface area contributed by atoms with Gasteiger partial charge >= 0.3 is 31.9 Å². The fourth-order valence-electron chi connectivity index (χ4n) is 12.4. The molecule has 30 nitrogen and oxygen atoms in total. The summed E-state index contributed by atoms with van der Waals surface area (Å²) >= 11 is 0. The van der Waals surface area contributed by atoms with E-state index in [0.29, 0.717) is 42.0 Å². The number of amides is 3. The number of carbonyl (C=O) groups is 4. The minimum atomic E-state index is -4.77. The molecule has 0 saturated heterocycles. The standard InChI is InChI=1S/C83H125N14O16PS/c1-3-5-7-9-11-13-15-17-19-21-23-25-27-29-37-43-75(100)109-63-72(113-76(101)44-38-30-28-26-24-22-20-18-16-14-12-10-8-6-4-2)64-112-114(104,105)111-60-55-86-83(103)110-65-87-82(102)85-54-53-84-77-93-79(88-69-41-35-32-36-42-69)95-80(94-77)89-70-50-46-66(47-51-70)45-48-68-49-52-71(62-73(68)115(106,107)108)90-78-91-74(61-67-39-33-31-34-40-67)92-81(96-78)97(56-58-98)57-59-99/h31-36,39-42,45-52,62,72,98-99H,3-30,37-38,43-44,53-61,63-65H2,1-2H3,(H,86,103)(H,104,105)(H2,85,87,102)(H,106,107,108)(H,90,91,92,96)(H3,84,88,89,93,94,95)/b48-45+. The van der Waals surface area contributed by atoms with Crippen LogP contribution in [0.4, 0.5) is 56.4 Å². The van der Waals surface area contributed by atoms with Crippen LogP contribution >= 0.6 is 7.82 Å². The van der Waals surface area contributed by atoms with E-state index in [1.807, 2.05) is 60.7 Å². The first-order chi connectivity index (χ1) is 55.9. The first kappa shape index (κ1) is 94.9. The topological polar surface area (TPSA) is 411 Å². The van der Waals surface area contributed by atoms with Crippen LogP contribution in [0.15, 0.2) is 108 Å². The molecule has 11 N–H and O–H groups in total. The number of anilines is 8. The van der Waals surface area contributed by atoms with E-state index in [1.54, 1.807) is 41.3 Å². The highest BCUT2D eigenvalue weighted by atomic mass is 32.2. The number of phosphoric acid groups is 1. The molecule has 2 atom stereocenters. The van der Waals surface area contributed by atoms with Crippen molar-refractivity contribution in [2.45, 2.75) is 237 Å². The zero-order valence-electron chi connectivity index (χ0n) is 67.3. The van der Waals surface area contributed by atoms with Gasteiger partial charge in [0.2, 0.25) is 29.7 Å². The summed E-state index contributed by atoms with van der Waals surface area (Å²) in [6.07, 6.45) is 37.3. The Bertz CT molecular complexity index is 3910. The summed E-state index contributed by atoms with van der Waals surface area (Å²) in [5.74, 6) is 0.0768. The maximum atomic E-state index is 13.0. The number of ether oxygens (including phenoxy) is 3. The number of nitrogens with one attached hydrogen (secondary N) is 7. The maximum Gasteiger partial charge on any atom is 0.472 e. The predicted octanol–water partition coefficient (Wildman–Crippen LogP) is 16.6. The molecule has 6 aromatic rings. The van der Waals surface area contributed by atoms with Crippen molar-refractivity contribution in [3.05, 3.63) is 126 Å². The van der Waals surface area contributed by atoms with Crippen molar-refractivity contribution in [3.63, 3.8) is 0 Å². The van der Waals surface area contributed by atoms with E-state index in [-0.39, 0.29) is 106 Å². The number of carbonyl (C=O) groups excluding carboxylic acids is 4. The fraction of sp³-hybridized carbons (Fsp3) is 0.566. The number of esters is 2. The van der Waals surface area contributed by atoms with Gasteiger partial charge in [0.1, 0.15) is 17.3 Å². The second-order valence-corrected chi connectivity index (χ2v) is 31.2. The Morgan fingerprint density at radius 2 is 1.00 bits per heavy atom. The lowest BCUT2D eigenvalue weighted by Crippen LogP contribution is -2.40. The summed E-state index contributed by atoms with van der Waals surface area (Å²) in [4.78, 5) is 90.0. The van der Waals surface area contributed by atoms with Gasteiger partial charge < -0.3 is 71.4 Å². The number of hydrogen-bond donors (Lipinski definition) is 11. The van der Waals surface area contributed by atoms with Gasteiger partial charge in [0.25, 0.3) is 10.1 Å². The van der Waals surface area contributed by atoms with E-state index >= 15 is 0 Å². The van der Waals surface area contributed by atoms with E-state index in [0.717, 1.165) is 50.5 Å². The Kier molecular flexibility index (Phi) is 47.2. The van der Waals surface area contributed by atoms with Gasteiger partial charge in [0.15, 0.2) is 12.8 Å². The van der Waals surface area contributed by atoms with Crippen molar-refractivity contribution in [2.75, 3.05) is 98.7 Å². The van der Waals surface area contributed by atoms with Crippen LogP contribution in [-0.2, 0) is 54.0 Å². The molecule has 6 rings (SSSR count). The molecular weight excluding hydrogens is 1510 g/mol. The van der Waals surface area contributed by atoms with Gasteiger partial charge in [0.05, 0.1) is 26.4 Å². The van der Waals surface area contributed by atoms with Gasteiger partial charge in [-0.05, 0) is 65.9 Å². The number of aliphatic hydroxyl groups is 2. The van der Waals surface area contributed by atoms with E-state index in [9.17, 15) is 51.8 Å². The van der Waals surface area contributed by atoms with Crippen LogP contribution in [0.1, 0.15) is 242 Å². The highest BCUT2D eigenvalue weighted by Crippen LogP contribution is 2.43. The number of phosphoric ester groups is 1. The molecule has 3 amide bonds. The quantitative estimate of drug-likeness (QED) is 0.00321. The summed E-state index contributed by atoms with van der Waals surface area (Å²) in [6, 6.07) is 29.4. The lowest BCUT2D eigenvalue weighted by molar-refractivity contribution is -0.161. The van der Waals surface area contributed by atoms with Gasteiger partial charge in [-0.3, -0.25) is 23.2 Å². The molecule has 634 valence electrons. The molecule has 2 heterocycles. The lowest BCUT2D eigenvalue weighted by atomic mass is 10.0. The van der Waals surface area contributed by atoms with E-state index in [4.69, 9.17) is 23.3 Å². The second-order valence-electron chi connectivity index (χ2n) is 28.4. The van der Waals surface area contributed by atoms with Crippen molar-refractivity contribution >= 4 is 101 Å². The van der Waals surface area contributed by atoms with E-state index < -0.39 is 72.9 Å². The molecular formula is C83H125N14O16PS. The number of benzene rings is 4. The lowest BCUT2D eigenvalue weighted by Gasteiger charge is -2.21. The summed E-state index contributed by atoms with van der Waals surface area (Å²) in [7, 11) is -9.54. The van der Waals surface area contributed by atoms with Gasteiger partial charge in [-0.2, -0.15) is 38.3 Å². The van der Waals surface area contributed by atoms with Crippen molar-refractivity contribution in [3.8, 4) is 0 Å². The van der Waals surface area contributed by atoms with Gasteiger partial charge in [-0.25, -0.2) is 14.2 Å². The van der Waals surface area contributed by atoms with Crippen molar-refractivity contribution in [1.29, 1.82) is 0 Å². The molecule has 4 aromatic carbocycles. The van der Waals surface area contributed by atoms with Crippen LogP contribution < -0.4 is 42.1 Å². The van der Waals surface area contributed by atoms with Gasteiger partial charge in [-0.1, -0.05) is 273 Å². The molecule has 0 aliphatic heterocycles. The molecule has 115 heavy (non-hydrogen) atoms. The van der Waals surface area contributed by atoms with Crippen LogP contribution in [0.25, 0.3) is 12.2 Å². The Morgan fingerprint density at radius 3 is 1.55 bits per heavy atom. The van der Waals surface area contributed by atoms with Crippen LogP contribution in [-0.4, -0.2) is 161 Å². The number of aromatic nitrogens is 6. The SMILES string of the molecule is CCCCCCCCCCCCCCCCCC(=O)OCC(COP(=O)(O)OCCNC(=O)OCNC(=O)NCCNc1nc(Nc2ccccc2)nc(Nc2ccc(/C=C/c3ccc(Nc4nc(Cc5ccccc5)nc(N(CCO)CCO)n4)cc3S(=O)(=O)O)cc2)n1)OC(=O)CCCCCCCCCCCCCCCCC. The third-order valence-corrected chi connectivity index (χ3v) is 20.5. The molecule has 0 spiro atoms. The predicted molar refractivity (Wildman–Crippen MR) is 449 cm³/mol. The smallest absolute Gasteiger partial charge is 0.462 e. The Labute approximate surface area is 679 Å². The summed E-state index contributed by atoms with van der Waals surface area (Å²) < 4.78 is 75.5. The van der Waals surface area contributed by atoms with Crippen LogP contribution in [0, 0.1) is 0 Å². The Hall–Kier alpha value is -8.94. The Balaban J connectivity index is 0.910. The average molecular weight is 1640 g/mol. The number of urea groups is 1. The molecule has 0 aliphatic carbocycles. The fourth-order valence-corrected chi connectivity index (χ4v) is 13.8. The average Bonchev–Trinajstić information content (AvgIpc) is 0.800. The molecule has 2 unspecified atom stereocenters. The van der Waals surface area contributed by atoms with Gasteiger partial charge in [-0.15, -0.1) is 0 Å². The largest absolute Gasteiger partial charge is 0.472 e. The number of aliphatic hydroxyl groups excluding tert-OH is 2. The molecule has 0 fully saturated rings. The first-order valence-corrected chi connectivity index (χ1v) is 44.2. The number of rotatable bonds is 64. The minimum absolute atomic E-state index is 0.0554. The zero-order valence-corrected chi connectivity index (χ0v) is 69.0. The van der Waals surface area contributed by atoms with Crippen LogP contribution in [0.3, 0.4) is 0 Å². The van der Waals surface area contributed by atoms with Crippen molar-refractivity contribution in [1.82, 2.24) is 45.9 Å². The maximum absolute atomic E-state index is 13.0. The number of alkyl carbamates (subject to hydrolysis) is 1. The van der Waals surface area contributed by atoms with Crippen molar-refractivity contribution in [2.24, 2.45) is 0 Å². The number of para-hydroxylation sites is 1. The summed E-state index contributed by atoms with van der Waals surface area (Å²) in [5.41, 5.74) is 3.26. The Morgan fingerprint density at radius 1 is 0.504 bits per heavy atom. The molecule has 2 aromatic heterocycles. The highest BCUT2D eigenvalue weighted by molar-refractivity contribution is 7.86. The molecule has 0 aliphatic rings.